The highest BCUT2D eigenvalue weighted by atomic mass is 16.5. The van der Waals surface area contributed by atoms with Crippen LogP contribution in [0.4, 0.5) is 0 Å². The lowest BCUT2D eigenvalue weighted by atomic mass is 10.1. The van der Waals surface area contributed by atoms with Crippen LogP contribution >= 0.6 is 0 Å². The summed E-state index contributed by atoms with van der Waals surface area (Å²) in [7, 11) is 0. The first kappa shape index (κ1) is 18.1. The number of hydrogen-bond donors (Lipinski definition) is 3. The number of carbonyl (C=O) groups is 2. The lowest BCUT2D eigenvalue weighted by Gasteiger charge is -2.01. The van der Waals surface area contributed by atoms with Crippen LogP contribution in [0.3, 0.4) is 0 Å². The molecule has 0 aromatic heterocycles. The summed E-state index contributed by atoms with van der Waals surface area (Å²) in [5.41, 5.74) is 0. The molecular formula is C14H27NO4. The Morgan fingerprint density at radius 2 is 1.53 bits per heavy atom. The van der Waals surface area contributed by atoms with Crippen molar-refractivity contribution < 1.29 is 19.8 Å². The SMILES string of the molecule is CCCCCCCC(O)O.O=C1CCCCC(=O)N1. The normalized spacial score (nSPS) is 15.6. The summed E-state index contributed by atoms with van der Waals surface area (Å²) in [4.78, 5) is 21.1. The van der Waals surface area contributed by atoms with E-state index in [0.717, 1.165) is 25.7 Å². The lowest BCUT2D eigenvalue weighted by Crippen LogP contribution is -2.27. The fourth-order valence-corrected chi connectivity index (χ4v) is 1.78. The molecule has 0 bridgehead atoms. The smallest absolute Gasteiger partial charge is 0.226 e. The average molecular weight is 273 g/mol. The molecule has 1 heterocycles. The van der Waals surface area contributed by atoms with Crippen LogP contribution in [0.5, 0.6) is 0 Å². The van der Waals surface area contributed by atoms with Crippen molar-refractivity contribution in [1.29, 1.82) is 0 Å². The highest BCUT2D eigenvalue weighted by molar-refractivity contribution is 5.95. The number of imide groups is 1. The van der Waals surface area contributed by atoms with E-state index in [1.165, 1.54) is 19.3 Å². The molecule has 19 heavy (non-hydrogen) atoms. The number of amides is 2. The zero-order chi connectivity index (χ0) is 14.5. The van der Waals surface area contributed by atoms with Crippen LogP contribution in [-0.4, -0.2) is 28.3 Å². The first-order chi connectivity index (χ1) is 9.06. The molecule has 0 radical (unpaired) electrons. The zero-order valence-corrected chi connectivity index (χ0v) is 11.9. The molecule has 0 aromatic rings. The monoisotopic (exact) mass is 273 g/mol. The van der Waals surface area contributed by atoms with Gasteiger partial charge in [0.1, 0.15) is 0 Å². The van der Waals surface area contributed by atoms with Crippen LogP contribution in [0, 0.1) is 0 Å². The van der Waals surface area contributed by atoms with Crippen LogP contribution in [-0.2, 0) is 9.59 Å². The molecule has 0 spiro atoms. The van der Waals surface area contributed by atoms with E-state index >= 15 is 0 Å². The van der Waals surface area contributed by atoms with Crippen molar-refractivity contribution in [2.24, 2.45) is 0 Å². The number of unbranched alkanes of at least 4 members (excludes halogenated alkanes) is 4. The number of rotatable bonds is 6. The molecule has 0 aromatic carbocycles. The molecule has 1 saturated heterocycles. The summed E-state index contributed by atoms with van der Waals surface area (Å²) < 4.78 is 0. The number of nitrogens with one attached hydrogen (secondary N) is 1. The summed E-state index contributed by atoms with van der Waals surface area (Å²) in [5.74, 6) is -0.255. The second kappa shape index (κ2) is 12.1. The second-order valence-corrected chi connectivity index (χ2v) is 4.86. The predicted molar refractivity (Wildman–Crippen MR) is 73.2 cm³/mol. The van der Waals surface area contributed by atoms with Gasteiger partial charge in [-0.05, 0) is 25.7 Å². The van der Waals surface area contributed by atoms with E-state index in [1.54, 1.807) is 0 Å². The Bertz CT molecular complexity index is 238. The van der Waals surface area contributed by atoms with E-state index in [1.807, 2.05) is 0 Å². The van der Waals surface area contributed by atoms with E-state index in [-0.39, 0.29) is 11.8 Å². The van der Waals surface area contributed by atoms with Gasteiger partial charge < -0.3 is 10.2 Å². The maximum absolute atomic E-state index is 10.6. The first-order valence-electron chi connectivity index (χ1n) is 7.25. The molecule has 0 aliphatic carbocycles. The summed E-state index contributed by atoms with van der Waals surface area (Å²) >= 11 is 0. The highest BCUT2D eigenvalue weighted by Crippen LogP contribution is 2.05. The van der Waals surface area contributed by atoms with Gasteiger partial charge in [-0.3, -0.25) is 14.9 Å². The average Bonchev–Trinajstić information content (AvgIpc) is 2.53. The Hall–Kier alpha value is -0.940. The molecule has 0 atom stereocenters. The first-order valence-corrected chi connectivity index (χ1v) is 7.25. The van der Waals surface area contributed by atoms with E-state index in [2.05, 4.69) is 12.2 Å². The van der Waals surface area contributed by atoms with Crippen LogP contribution in [0.15, 0.2) is 0 Å². The van der Waals surface area contributed by atoms with E-state index in [0.29, 0.717) is 19.3 Å². The van der Waals surface area contributed by atoms with Crippen LogP contribution in [0.25, 0.3) is 0 Å². The molecule has 112 valence electrons. The second-order valence-electron chi connectivity index (χ2n) is 4.86. The van der Waals surface area contributed by atoms with Crippen molar-refractivity contribution in [3.63, 3.8) is 0 Å². The molecule has 3 N–H and O–H groups in total. The Morgan fingerprint density at radius 1 is 1.00 bits per heavy atom. The fourth-order valence-electron chi connectivity index (χ4n) is 1.78. The van der Waals surface area contributed by atoms with Crippen molar-refractivity contribution in [2.45, 2.75) is 77.4 Å². The standard InChI is InChI=1S/C8H18O2.C6H9NO2/c1-2-3-4-5-6-7-8(9)10;8-5-3-1-2-4-6(9)7-5/h8-10H,2-7H2,1H3;1-4H2,(H,7,8,9). The maximum Gasteiger partial charge on any atom is 0.226 e. The molecule has 1 fully saturated rings. The van der Waals surface area contributed by atoms with E-state index < -0.39 is 6.29 Å². The van der Waals surface area contributed by atoms with Crippen molar-refractivity contribution in [3.05, 3.63) is 0 Å². The van der Waals surface area contributed by atoms with Gasteiger partial charge in [0.05, 0.1) is 0 Å². The Balaban J connectivity index is 0.000000342. The third-order valence-electron chi connectivity index (χ3n) is 2.90. The minimum Gasteiger partial charge on any atom is -0.368 e. The Kier molecular flexibility index (Phi) is 11.5. The summed E-state index contributed by atoms with van der Waals surface area (Å²) in [5, 5.41) is 19.2. The molecule has 5 nitrogen and oxygen atoms in total. The van der Waals surface area contributed by atoms with Gasteiger partial charge in [-0.25, -0.2) is 0 Å². The maximum atomic E-state index is 10.6. The van der Waals surface area contributed by atoms with Gasteiger partial charge in [0.2, 0.25) is 11.8 Å². The molecule has 0 saturated carbocycles. The third kappa shape index (κ3) is 13.3. The van der Waals surface area contributed by atoms with Gasteiger partial charge in [0.15, 0.2) is 6.29 Å². The summed E-state index contributed by atoms with van der Waals surface area (Å²) in [6, 6.07) is 0. The summed E-state index contributed by atoms with van der Waals surface area (Å²) in [6.07, 6.45) is 7.94. The third-order valence-corrected chi connectivity index (χ3v) is 2.90. The quantitative estimate of drug-likeness (QED) is 0.391. The van der Waals surface area contributed by atoms with E-state index in [9.17, 15) is 9.59 Å². The lowest BCUT2D eigenvalue weighted by molar-refractivity contribution is -0.129. The van der Waals surface area contributed by atoms with Crippen LogP contribution < -0.4 is 5.32 Å². The van der Waals surface area contributed by atoms with Crippen molar-refractivity contribution >= 4 is 11.8 Å². The zero-order valence-electron chi connectivity index (χ0n) is 11.9. The molecular weight excluding hydrogens is 246 g/mol. The number of carbonyl (C=O) groups excluding carboxylic acids is 2. The largest absolute Gasteiger partial charge is 0.368 e. The highest BCUT2D eigenvalue weighted by Gasteiger charge is 2.11. The molecule has 2 amide bonds. The van der Waals surface area contributed by atoms with Gasteiger partial charge in [-0.1, -0.05) is 32.6 Å². The van der Waals surface area contributed by atoms with Crippen LogP contribution in [0.1, 0.15) is 71.1 Å². The van der Waals surface area contributed by atoms with Crippen molar-refractivity contribution in [1.82, 2.24) is 5.32 Å². The number of aliphatic hydroxyl groups excluding tert-OH is 1. The molecule has 1 rings (SSSR count). The van der Waals surface area contributed by atoms with Gasteiger partial charge in [0.25, 0.3) is 0 Å². The van der Waals surface area contributed by atoms with Gasteiger partial charge in [-0.2, -0.15) is 0 Å². The number of aliphatic hydroxyl groups is 2. The van der Waals surface area contributed by atoms with Crippen LogP contribution in [0.2, 0.25) is 0 Å². The van der Waals surface area contributed by atoms with Crippen molar-refractivity contribution in [3.8, 4) is 0 Å². The minimum atomic E-state index is -1.10. The minimum absolute atomic E-state index is 0.127. The molecule has 1 aliphatic rings. The molecule has 5 heteroatoms. The summed E-state index contributed by atoms with van der Waals surface area (Å²) in [6.45, 7) is 2.17. The topological polar surface area (TPSA) is 86.6 Å². The molecule has 1 aliphatic heterocycles. The fraction of sp³-hybridized carbons (Fsp3) is 0.857. The van der Waals surface area contributed by atoms with Gasteiger partial charge >= 0.3 is 0 Å². The van der Waals surface area contributed by atoms with Gasteiger partial charge in [-0.15, -0.1) is 0 Å². The van der Waals surface area contributed by atoms with E-state index in [4.69, 9.17) is 10.2 Å². The Labute approximate surface area is 115 Å². The molecule has 0 unspecified atom stereocenters. The van der Waals surface area contributed by atoms with Gasteiger partial charge in [0, 0.05) is 12.8 Å². The number of hydrogen-bond acceptors (Lipinski definition) is 4. The van der Waals surface area contributed by atoms with Crippen molar-refractivity contribution in [2.75, 3.05) is 0 Å². The Morgan fingerprint density at radius 3 is 2.00 bits per heavy atom. The predicted octanol–water partition coefficient (Wildman–Crippen LogP) is 1.86.